The molecule has 0 saturated carbocycles. The lowest BCUT2D eigenvalue weighted by molar-refractivity contribution is -0.143. The summed E-state index contributed by atoms with van der Waals surface area (Å²) in [6.07, 6.45) is -9.16. The number of nitrogens with zero attached hydrogens (tertiary/aromatic N) is 1. The van der Waals surface area contributed by atoms with E-state index >= 15 is 0 Å². The number of ether oxygens (including phenoxy) is 1. The fourth-order valence-electron chi connectivity index (χ4n) is 3.95. The van der Waals surface area contributed by atoms with E-state index in [9.17, 15) is 35.9 Å². The number of carbonyl (C=O) groups is 2. The molecule has 192 valence electrons. The third kappa shape index (κ3) is 6.74. The van der Waals surface area contributed by atoms with Crippen molar-refractivity contribution in [1.82, 2.24) is 0 Å². The lowest BCUT2D eigenvalue weighted by atomic mass is 10.0. The van der Waals surface area contributed by atoms with E-state index in [4.69, 9.17) is 4.74 Å². The topological polar surface area (TPSA) is 58.6 Å². The molecule has 1 fully saturated rings. The minimum atomic E-state index is -4.92. The van der Waals surface area contributed by atoms with E-state index in [2.05, 4.69) is 32.9 Å². The molecule has 0 spiro atoms. The predicted molar refractivity (Wildman–Crippen MR) is 119 cm³/mol. The quantitative estimate of drug-likeness (QED) is 0.403. The Morgan fingerprint density at radius 2 is 1.54 bits per heavy atom. The van der Waals surface area contributed by atoms with Gasteiger partial charge in [-0.2, -0.15) is 26.3 Å². The fraction of sp³-hybridized carbons (Fsp3) is 0.417. The van der Waals surface area contributed by atoms with Crippen LogP contribution in [0, 0.1) is 19.8 Å². The van der Waals surface area contributed by atoms with E-state index in [-0.39, 0.29) is 24.5 Å². The maximum absolute atomic E-state index is 12.4. The SMILES string of the molecule is CCC1CN(c2c(C)cccc2C)C(=O)C1OC.O=CNc1cc(C(F)(F)F)cc(C(F)(F)F)c1. The van der Waals surface area contributed by atoms with Crippen LogP contribution >= 0.6 is 0 Å². The molecule has 2 unspecified atom stereocenters. The van der Waals surface area contributed by atoms with Gasteiger partial charge in [-0.15, -0.1) is 0 Å². The van der Waals surface area contributed by atoms with Crippen molar-refractivity contribution in [3.8, 4) is 0 Å². The Balaban J connectivity index is 0.000000247. The van der Waals surface area contributed by atoms with Crippen LogP contribution in [0.1, 0.15) is 35.6 Å². The minimum Gasteiger partial charge on any atom is -0.371 e. The second-order valence-electron chi connectivity index (χ2n) is 8.07. The van der Waals surface area contributed by atoms with E-state index in [1.165, 1.54) is 0 Å². The Bertz CT molecular complexity index is 1000. The highest BCUT2D eigenvalue weighted by molar-refractivity contribution is 6.00. The smallest absolute Gasteiger partial charge is 0.371 e. The number of carbonyl (C=O) groups excluding carboxylic acids is 2. The van der Waals surface area contributed by atoms with Gasteiger partial charge in [0, 0.05) is 30.9 Å². The van der Waals surface area contributed by atoms with Crippen LogP contribution in [0.2, 0.25) is 0 Å². The molecule has 1 aliphatic heterocycles. The summed E-state index contributed by atoms with van der Waals surface area (Å²) >= 11 is 0. The number of para-hydroxylation sites is 1. The van der Waals surface area contributed by atoms with Gasteiger partial charge < -0.3 is 15.0 Å². The molecule has 0 radical (unpaired) electrons. The van der Waals surface area contributed by atoms with Gasteiger partial charge in [0.1, 0.15) is 6.10 Å². The molecule has 1 saturated heterocycles. The van der Waals surface area contributed by atoms with E-state index in [0.29, 0.717) is 18.1 Å². The number of aryl methyl sites for hydroxylation is 2. The van der Waals surface area contributed by atoms with Crippen LogP contribution in [0.3, 0.4) is 0 Å². The first-order chi connectivity index (χ1) is 16.2. The number of anilines is 2. The van der Waals surface area contributed by atoms with Gasteiger partial charge in [0.05, 0.1) is 11.1 Å². The molecule has 1 N–H and O–H groups in total. The summed E-state index contributed by atoms with van der Waals surface area (Å²) in [5.74, 6) is 0.392. The zero-order chi connectivity index (χ0) is 26.6. The van der Waals surface area contributed by atoms with E-state index in [0.717, 1.165) is 29.8 Å². The van der Waals surface area contributed by atoms with Crippen molar-refractivity contribution in [2.45, 2.75) is 45.6 Å². The van der Waals surface area contributed by atoms with Crippen LogP contribution in [-0.4, -0.2) is 32.1 Å². The van der Waals surface area contributed by atoms with Crippen LogP contribution in [0.5, 0.6) is 0 Å². The summed E-state index contributed by atoms with van der Waals surface area (Å²) in [4.78, 5) is 24.3. The van der Waals surface area contributed by atoms with Gasteiger partial charge in [-0.25, -0.2) is 0 Å². The molecule has 2 amide bonds. The van der Waals surface area contributed by atoms with E-state index < -0.39 is 29.2 Å². The number of hydrogen-bond donors (Lipinski definition) is 1. The number of hydrogen-bond acceptors (Lipinski definition) is 3. The van der Waals surface area contributed by atoms with Crippen molar-refractivity contribution < 1.29 is 40.7 Å². The van der Waals surface area contributed by atoms with Crippen molar-refractivity contribution in [1.29, 1.82) is 0 Å². The predicted octanol–water partition coefficient (Wildman–Crippen LogP) is 5.98. The highest BCUT2D eigenvalue weighted by Gasteiger charge is 2.41. The maximum atomic E-state index is 12.4. The molecule has 5 nitrogen and oxygen atoms in total. The summed E-state index contributed by atoms with van der Waals surface area (Å²) in [5.41, 5.74) is -0.166. The number of halogens is 6. The van der Waals surface area contributed by atoms with Gasteiger partial charge in [-0.1, -0.05) is 25.1 Å². The number of amides is 2. The van der Waals surface area contributed by atoms with Crippen LogP contribution in [-0.2, 0) is 26.7 Å². The molecule has 2 aromatic carbocycles. The largest absolute Gasteiger partial charge is 0.416 e. The first kappa shape index (κ1) is 28.2. The molecule has 0 bridgehead atoms. The van der Waals surface area contributed by atoms with Crippen molar-refractivity contribution in [2.24, 2.45) is 5.92 Å². The number of nitrogens with one attached hydrogen (secondary N) is 1. The van der Waals surface area contributed by atoms with Gasteiger partial charge in [0.2, 0.25) is 6.41 Å². The first-order valence-electron chi connectivity index (χ1n) is 10.6. The van der Waals surface area contributed by atoms with Crippen molar-refractivity contribution in [3.05, 3.63) is 58.7 Å². The molecule has 1 aliphatic rings. The monoisotopic (exact) mass is 504 g/mol. The number of alkyl halides is 6. The number of rotatable bonds is 5. The van der Waals surface area contributed by atoms with Gasteiger partial charge in [-0.3, -0.25) is 9.59 Å². The summed E-state index contributed by atoms with van der Waals surface area (Å²) in [5, 5.41) is 1.75. The Morgan fingerprint density at radius 3 is 1.91 bits per heavy atom. The summed E-state index contributed by atoms with van der Waals surface area (Å²) in [6, 6.07) is 6.95. The Labute approximate surface area is 199 Å². The molecular formula is C24H26F6N2O3. The average molecular weight is 504 g/mol. The molecule has 35 heavy (non-hydrogen) atoms. The first-order valence-corrected chi connectivity index (χ1v) is 10.6. The molecule has 1 heterocycles. The summed E-state index contributed by atoms with van der Waals surface area (Å²) in [6.45, 7) is 6.98. The normalized spacial score (nSPS) is 18.2. The van der Waals surface area contributed by atoms with Crippen molar-refractivity contribution in [3.63, 3.8) is 0 Å². The molecule has 3 rings (SSSR count). The zero-order valence-corrected chi connectivity index (χ0v) is 19.6. The summed E-state index contributed by atoms with van der Waals surface area (Å²) < 4.78 is 79.1. The van der Waals surface area contributed by atoms with Crippen molar-refractivity contribution >= 4 is 23.7 Å². The average Bonchev–Trinajstić information content (AvgIpc) is 3.08. The lowest BCUT2D eigenvalue weighted by Gasteiger charge is -2.21. The van der Waals surface area contributed by atoms with E-state index in [1.807, 2.05) is 11.0 Å². The van der Waals surface area contributed by atoms with Crippen LogP contribution in [0.4, 0.5) is 37.7 Å². The van der Waals surface area contributed by atoms with Crippen LogP contribution < -0.4 is 10.2 Å². The molecule has 0 aromatic heterocycles. The Morgan fingerprint density at radius 1 is 1.03 bits per heavy atom. The van der Waals surface area contributed by atoms with E-state index in [1.54, 1.807) is 12.4 Å². The lowest BCUT2D eigenvalue weighted by Crippen LogP contribution is -2.31. The fourth-order valence-corrected chi connectivity index (χ4v) is 3.95. The third-order valence-electron chi connectivity index (χ3n) is 5.66. The van der Waals surface area contributed by atoms with Crippen LogP contribution in [0.25, 0.3) is 0 Å². The number of methoxy groups -OCH3 is 1. The molecule has 0 aliphatic carbocycles. The highest BCUT2D eigenvalue weighted by atomic mass is 19.4. The molecule has 11 heteroatoms. The second kappa shape index (κ2) is 11.1. The van der Waals surface area contributed by atoms with Gasteiger partial charge in [0.25, 0.3) is 5.91 Å². The minimum absolute atomic E-state index is 0.00432. The molecular weight excluding hydrogens is 478 g/mol. The zero-order valence-electron chi connectivity index (χ0n) is 19.6. The molecule has 2 atom stereocenters. The Kier molecular flexibility index (Phi) is 8.94. The molecule has 2 aromatic rings. The maximum Gasteiger partial charge on any atom is 0.416 e. The standard InChI is InChI=1S/C15H21NO2.C9H5F6NO/c1-5-12-9-16(15(17)14(12)18-4)13-10(2)7-6-8-11(13)3;10-8(11,12)5-1-6(9(13,14)15)3-7(2-5)16-4-17/h6-8,12,14H,5,9H2,1-4H3;1-4H,(H,16,17). The van der Waals surface area contributed by atoms with Crippen LogP contribution in [0.15, 0.2) is 36.4 Å². The van der Waals surface area contributed by atoms with Gasteiger partial charge >= 0.3 is 12.4 Å². The third-order valence-corrected chi connectivity index (χ3v) is 5.66. The number of benzene rings is 2. The Hall–Kier alpha value is -3.08. The second-order valence-corrected chi connectivity index (χ2v) is 8.07. The van der Waals surface area contributed by atoms with Gasteiger partial charge in [0.15, 0.2) is 0 Å². The summed E-state index contributed by atoms with van der Waals surface area (Å²) in [7, 11) is 1.62. The van der Waals surface area contributed by atoms with Crippen molar-refractivity contribution in [2.75, 3.05) is 23.9 Å². The highest BCUT2D eigenvalue weighted by Crippen LogP contribution is 2.37. The van der Waals surface area contributed by atoms with Gasteiger partial charge in [-0.05, 0) is 49.6 Å².